The Morgan fingerprint density at radius 1 is 1.52 bits per heavy atom. The molecule has 1 fully saturated rings. The number of anilines is 1. The summed E-state index contributed by atoms with van der Waals surface area (Å²) in [5, 5.41) is 10.6. The molecule has 1 aliphatic heterocycles. The lowest BCUT2D eigenvalue weighted by Crippen LogP contribution is -2.27. The summed E-state index contributed by atoms with van der Waals surface area (Å²) in [5.74, 6) is 1.81. The summed E-state index contributed by atoms with van der Waals surface area (Å²) in [6.07, 6.45) is 4.87. The van der Waals surface area contributed by atoms with Crippen molar-refractivity contribution in [2.24, 2.45) is 7.05 Å². The van der Waals surface area contributed by atoms with E-state index in [2.05, 4.69) is 20.7 Å². The lowest BCUT2D eigenvalue weighted by Gasteiger charge is -2.19. The maximum Gasteiger partial charge on any atom is 0.239 e. The lowest BCUT2D eigenvalue weighted by atomic mass is 9.98. The molecule has 21 heavy (non-hydrogen) atoms. The van der Waals surface area contributed by atoms with Crippen molar-refractivity contribution in [3.63, 3.8) is 0 Å². The van der Waals surface area contributed by atoms with Crippen molar-refractivity contribution in [3.05, 3.63) is 5.82 Å². The molecule has 0 aliphatic carbocycles. The van der Waals surface area contributed by atoms with E-state index >= 15 is 0 Å². The first-order valence-electron chi connectivity index (χ1n) is 7.11. The van der Waals surface area contributed by atoms with E-state index in [1.807, 2.05) is 20.2 Å². The number of halogens is 1. The van der Waals surface area contributed by atoms with E-state index in [4.69, 9.17) is 0 Å². The minimum absolute atomic E-state index is 0. The van der Waals surface area contributed by atoms with Gasteiger partial charge in [0.25, 0.3) is 0 Å². The molecular formula is C13H24ClN5OS. The standard InChI is InChI=1S/C13H23N5OS.ClH/c1-4-10(20-3)12(19)16-13-15-11(17-18(13)2)9-5-7-14-8-6-9;/h9-10,14H,4-8H2,1-3H3,(H,15,16,17,19);1H. The van der Waals surface area contributed by atoms with E-state index in [-0.39, 0.29) is 23.6 Å². The third-order valence-corrected chi connectivity index (χ3v) is 4.78. The van der Waals surface area contributed by atoms with Gasteiger partial charge in [-0.1, -0.05) is 6.92 Å². The highest BCUT2D eigenvalue weighted by atomic mass is 35.5. The van der Waals surface area contributed by atoms with E-state index in [0.717, 1.165) is 38.2 Å². The molecule has 1 aliphatic rings. The van der Waals surface area contributed by atoms with Crippen LogP contribution in [-0.2, 0) is 11.8 Å². The summed E-state index contributed by atoms with van der Waals surface area (Å²) in [5.41, 5.74) is 0. The van der Waals surface area contributed by atoms with E-state index in [1.165, 1.54) is 0 Å². The Morgan fingerprint density at radius 2 is 2.19 bits per heavy atom. The van der Waals surface area contributed by atoms with Crippen LogP contribution in [0.25, 0.3) is 0 Å². The van der Waals surface area contributed by atoms with Gasteiger partial charge in [0, 0.05) is 13.0 Å². The van der Waals surface area contributed by atoms with Crippen LogP contribution in [0.5, 0.6) is 0 Å². The Labute approximate surface area is 136 Å². The second-order valence-corrected chi connectivity index (χ2v) is 6.10. The molecule has 0 spiro atoms. The topological polar surface area (TPSA) is 71.8 Å². The van der Waals surface area contributed by atoms with Gasteiger partial charge in [0.15, 0.2) is 5.82 Å². The fourth-order valence-electron chi connectivity index (χ4n) is 2.42. The van der Waals surface area contributed by atoms with E-state index in [1.54, 1.807) is 16.4 Å². The summed E-state index contributed by atoms with van der Waals surface area (Å²) in [6, 6.07) is 0. The average molecular weight is 334 g/mol. The van der Waals surface area contributed by atoms with Crippen molar-refractivity contribution < 1.29 is 4.79 Å². The first kappa shape index (κ1) is 18.3. The molecule has 1 aromatic rings. The number of thioether (sulfide) groups is 1. The third-order valence-electron chi connectivity index (χ3n) is 3.67. The van der Waals surface area contributed by atoms with E-state index in [9.17, 15) is 4.79 Å². The molecular weight excluding hydrogens is 310 g/mol. The van der Waals surface area contributed by atoms with Crippen LogP contribution in [0.15, 0.2) is 0 Å². The lowest BCUT2D eigenvalue weighted by molar-refractivity contribution is -0.115. The van der Waals surface area contributed by atoms with Crippen molar-refractivity contribution in [2.45, 2.75) is 37.4 Å². The summed E-state index contributed by atoms with van der Waals surface area (Å²) in [4.78, 5) is 16.6. The zero-order valence-corrected chi connectivity index (χ0v) is 14.4. The fourth-order valence-corrected chi connectivity index (χ4v) is 3.02. The largest absolute Gasteiger partial charge is 0.317 e. The monoisotopic (exact) mass is 333 g/mol. The molecule has 1 aromatic heterocycles. The SMILES string of the molecule is CCC(SC)C(=O)Nc1nc(C2CCNCC2)nn1C.Cl. The number of rotatable bonds is 5. The molecule has 2 rings (SSSR count). The number of nitrogens with one attached hydrogen (secondary N) is 2. The number of aryl methyl sites for hydroxylation is 1. The predicted molar refractivity (Wildman–Crippen MR) is 89.3 cm³/mol. The molecule has 2 N–H and O–H groups in total. The van der Waals surface area contributed by atoms with Gasteiger partial charge in [0.2, 0.25) is 11.9 Å². The van der Waals surface area contributed by atoms with Crippen LogP contribution in [0.3, 0.4) is 0 Å². The first-order valence-corrected chi connectivity index (χ1v) is 8.39. The van der Waals surface area contributed by atoms with Gasteiger partial charge in [-0.2, -0.15) is 21.8 Å². The molecule has 0 aromatic carbocycles. The van der Waals surface area contributed by atoms with Crippen molar-refractivity contribution in [1.29, 1.82) is 0 Å². The molecule has 1 atom stereocenters. The van der Waals surface area contributed by atoms with Gasteiger partial charge < -0.3 is 5.32 Å². The Bertz CT molecular complexity index is 457. The van der Waals surface area contributed by atoms with Crippen LogP contribution in [-0.4, -0.2) is 45.3 Å². The van der Waals surface area contributed by atoms with Gasteiger partial charge in [-0.05, 0) is 38.6 Å². The Kier molecular flexibility index (Phi) is 7.48. The third kappa shape index (κ3) is 4.59. The highest BCUT2D eigenvalue weighted by Crippen LogP contribution is 2.23. The molecule has 1 unspecified atom stereocenters. The van der Waals surface area contributed by atoms with Gasteiger partial charge in [-0.25, -0.2) is 4.68 Å². The minimum atomic E-state index is -0.0333. The van der Waals surface area contributed by atoms with Crippen molar-refractivity contribution in [2.75, 3.05) is 24.7 Å². The Hall–Kier alpha value is -0.790. The normalized spacial score (nSPS) is 17.1. The van der Waals surface area contributed by atoms with Gasteiger partial charge in [0.1, 0.15) is 0 Å². The van der Waals surface area contributed by atoms with Gasteiger partial charge >= 0.3 is 0 Å². The number of amides is 1. The van der Waals surface area contributed by atoms with Crippen LogP contribution >= 0.6 is 24.2 Å². The van der Waals surface area contributed by atoms with Gasteiger partial charge in [-0.15, -0.1) is 12.4 Å². The zero-order valence-electron chi connectivity index (χ0n) is 12.8. The summed E-state index contributed by atoms with van der Waals surface area (Å²) < 4.78 is 1.67. The Balaban J connectivity index is 0.00000220. The van der Waals surface area contributed by atoms with E-state index in [0.29, 0.717) is 11.9 Å². The van der Waals surface area contributed by atoms with Crippen molar-refractivity contribution in [3.8, 4) is 0 Å². The quantitative estimate of drug-likeness (QED) is 0.859. The number of carbonyl (C=O) groups is 1. The summed E-state index contributed by atoms with van der Waals surface area (Å²) in [7, 11) is 1.83. The van der Waals surface area contributed by atoms with E-state index < -0.39 is 0 Å². The average Bonchev–Trinajstić information content (AvgIpc) is 2.82. The molecule has 1 saturated heterocycles. The number of hydrogen-bond donors (Lipinski definition) is 2. The van der Waals surface area contributed by atoms with Crippen LogP contribution in [0.4, 0.5) is 5.95 Å². The highest BCUT2D eigenvalue weighted by Gasteiger charge is 2.22. The van der Waals surface area contributed by atoms with Crippen LogP contribution < -0.4 is 10.6 Å². The summed E-state index contributed by atoms with van der Waals surface area (Å²) in [6.45, 7) is 4.03. The van der Waals surface area contributed by atoms with Crippen LogP contribution in [0, 0.1) is 0 Å². The maximum atomic E-state index is 12.1. The van der Waals surface area contributed by atoms with Crippen LogP contribution in [0.1, 0.15) is 37.9 Å². The molecule has 2 heterocycles. The molecule has 0 radical (unpaired) electrons. The number of aromatic nitrogens is 3. The second kappa shape index (κ2) is 8.60. The molecule has 0 bridgehead atoms. The van der Waals surface area contributed by atoms with Crippen molar-refractivity contribution in [1.82, 2.24) is 20.1 Å². The maximum absolute atomic E-state index is 12.1. The minimum Gasteiger partial charge on any atom is -0.317 e. The van der Waals surface area contributed by atoms with Gasteiger partial charge in [-0.3, -0.25) is 10.1 Å². The Morgan fingerprint density at radius 3 is 2.76 bits per heavy atom. The van der Waals surface area contributed by atoms with Crippen LogP contribution in [0.2, 0.25) is 0 Å². The molecule has 6 nitrogen and oxygen atoms in total. The second-order valence-electron chi connectivity index (χ2n) is 5.06. The number of hydrogen-bond acceptors (Lipinski definition) is 5. The molecule has 120 valence electrons. The first-order chi connectivity index (χ1) is 9.65. The predicted octanol–water partition coefficient (Wildman–Crippen LogP) is 1.78. The van der Waals surface area contributed by atoms with Crippen molar-refractivity contribution >= 4 is 36.0 Å². The number of nitrogens with zero attached hydrogens (tertiary/aromatic N) is 3. The zero-order chi connectivity index (χ0) is 14.5. The summed E-state index contributed by atoms with van der Waals surface area (Å²) >= 11 is 1.56. The number of piperidine rings is 1. The molecule has 8 heteroatoms. The number of carbonyl (C=O) groups excluding carboxylic acids is 1. The smallest absolute Gasteiger partial charge is 0.239 e. The molecule has 1 amide bonds. The fraction of sp³-hybridized carbons (Fsp3) is 0.769. The highest BCUT2D eigenvalue weighted by molar-refractivity contribution is 7.99. The molecule has 0 saturated carbocycles. The van der Waals surface area contributed by atoms with Gasteiger partial charge in [0.05, 0.1) is 5.25 Å².